The summed E-state index contributed by atoms with van der Waals surface area (Å²) >= 11 is 0. The summed E-state index contributed by atoms with van der Waals surface area (Å²) in [5, 5.41) is 10.7. The Morgan fingerprint density at radius 2 is 2.00 bits per heavy atom. The summed E-state index contributed by atoms with van der Waals surface area (Å²) in [5.41, 5.74) is 1.18. The van der Waals surface area contributed by atoms with E-state index in [9.17, 15) is 10.1 Å². The van der Waals surface area contributed by atoms with Gasteiger partial charge in [-0.05, 0) is 36.6 Å². The Morgan fingerprint density at radius 3 is 2.50 bits per heavy atom. The van der Waals surface area contributed by atoms with E-state index in [1.54, 1.807) is 13.2 Å². The first-order valence-electron chi connectivity index (χ1n) is 7.17. The molecule has 1 heterocycles. The summed E-state index contributed by atoms with van der Waals surface area (Å²) in [4.78, 5) is 16.7. The van der Waals surface area contributed by atoms with Crippen LogP contribution in [-0.4, -0.2) is 23.1 Å². The van der Waals surface area contributed by atoms with Crippen molar-refractivity contribution in [2.75, 3.05) is 12.0 Å². The molecule has 0 saturated heterocycles. The van der Waals surface area contributed by atoms with Crippen molar-refractivity contribution in [1.82, 2.24) is 4.98 Å². The molecular formula is C16H17N3O3. The number of rotatable bonds is 6. The summed E-state index contributed by atoms with van der Waals surface area (Å²) in [6.07, 6.45) is 3.59. The molecule has 1 aliphatic rings. The van der Waals surface area contributed by atoms with Crippen molar-refractivity contribution in [2.45, 2.75) is 25.4 Å². The maximum absolute atomic E-state index is 10.7. The Kier molecular flexibility index (Phi) is 3.91. The van der Waals surface area contributed by atoms with Gasteiger partial charge in [0.05, 0.1) is 12.0 Å². The number of hydrogen-bond donors (Lipinski definition) is 0. The molecule has 6 nitrogen and oxygen atoms in total. The van der Waals surface area contributed by atoms with Gasteiger partial charge in [0.25, 0.3) is 5.69 Å². The van der Waals surface area contributed by atoms with E-state index in [2.05, 4.69) is 9.88 Å². The highest BCUT2D eigenvalue weighted by molar-refractivity contribution is 5.46. The van der Waals surface area contributed by atoms with Crippen LogP contribution in [0.3, 0.4) is 0 Å². The molecule has 22 heavy (non-hydrogen) atoms. The van der Waals surface area contributed by atoms with Crippen molar-refractivity contribution in [3.05, 3.63) is 58.3 Å². The number of aromatic nitrogens is 1. The fraction of sp³-hybridized carbons (Fsp3) is 0.312. The van der Waals surface area contributed by atoms with Crippen LogP contribution < -0.4 is 9.64 Å². The molecule has 1 aliphatic carbocycles. The zero-order chi connectivity index (χ0) is 15.5. The minimum atomic E-state index is -0.429. The molecule has 1 saturated carbocycles. The van der Waals surface area contributed by atoms with Crippen LogP contribution in [0.4, 0.5) is 11.5 Å². The number of ether oxygens (including phenoxy) is 1. The molecule has 3 rings (SSSR count). The van der Waals surface area contributed by atoms with E-state index in [0.717, 1.165) is 36.5 Å². The molecule has 0 amide bonds. The van der Waals surface area contributed by atoms with Gasteiger partial charge >= 0.3 is 0 Å². The van der Waals surface area contributed by atoms with Crippen molar-refractivity contribution >= 4 is 11.5 Å². The Balaban J connectivity index is 1.78. The Labute approximate surface area is 128 Å². The highest BCUT2D eigenvalue weighted by Crippen LogP contribution is 2.32. The first kappa shape index (κ1) is 14.3. The van der Waals surface area contributed by atoms with Crippen molar-refractivity contribution < 1.29 is 9.66 Å². The standard InChI is InChI=1S/C16H17N3O3/c1-22-15-7-2-12(3-8-15)11-18(13-4-5-13)16-9-6-14(10-17-16)19(20)21/h2-3,6-10,13H,4-5,11H2,1H3. The molecule has 1 aromatic carbocycles. The zero-order valence-corrected chi connectivity index (χ0v) is 12.3. The molecule has 114 valence electrons. The van der Waals surface area contributed by atoms with Gasteiger partial charge in [-0.15, -0.1) is 0 Å². The normalized spacial score (nSPS) is 13.7. The predicted molar refractivity (Wildman–Crippen MR) is 83.1 cm³/mol. The molecule has 1 fully saturated rings. The second-order valence-corrected chi connectivity index (χ2v) is 5.34. The van der Waals surface area contributed by atoms with Crippen LogP contribution in [0, 0.1) is 10.1 Å². The first-order chi connectivity index (χ1) is 10.7. The van der Waals surface area contributed by atoms with Gasteiger partial charge in [0.1, 0.15) is 17.8 Å². The molecule has 0 N–H and O–H groups in total. The second kappa shape index (κ2) is 6.01. The van der Waals surface area contributed by atoms with E-state index in [0.29, 0.717) is 6.04 Å². The lowest BCUT2D eigenvalue weighted by atomic mass is 10.2. The quantitative estimate of drug-likeness (QED) is 0.605. The van der Waals surface area contributed by atoms with Gasteiger partial charge in [-0.3, -0.25) is 10.1 Å². The lowest BCUT2D eigenvalue weighted by Gasteiger charge is -2.23. The average molecular weight is 299 g/mol. The fourth-order valence-electron chi connectivity index (χ4n) is 2.37. The number of methoxy groups -OCH3 is 1. The Hall–Kier alpha value is -2.63. The van der Waals surface area contributed by atoms with Gasteiger partial charge in [0.15, 0.2) is 0 Å². The van der Waals surface area contributed by atoms with E-state index in [1.165, 1.54) is 12.3 Å². The lowest BCUT2D eigenvalue weighted by Crippen LogP contribution is -2.25. The average Bonchev–Trinajstić information content (AvgIpc) is 3.38. The van der Waals surface area contributed by atoms with E-state index in [1.807, 2.05) is 24.3 Å². The number of benzene rings is 1. The van der Waals surface area contributed by atoms with Crippen LogP contribution in [0.25, 0.3) is 0 Å². The number of nitrogens with zero attached hydrogens (tertiary/aromatic N) is 3. The van der Waals surface area contributed by atoms with Crippen molar-refractivity contribution in [3.63, 3.8) is 0 Å². The van der Waals surface area contributed by atoms with Gasteiger partial charge in [-0.1, -0.05) is 12.1 Å². The summed E-state index contributed by atoms with van der Waals surface area (Å²) < 4.78 is 5.16. The van der Waals surface area contributed by atoms with E-state index >= 15 is 0 Å². The van der Waals surface area contributed by atoms with Crippen molar-refractivity contribution in [1.29, 1.82) is 0 Å². The molecule has 1 aromatic heterocycles. The Bertz CT molecular complexity index is 651. The SMILES string of the molecule is COc1ccc(CN(c2ccc([N+](=O)[O-])cn2)C2CC2)cc1. The molecule has 0 atom stereocenters. The third-order valence-electron chi connectivity index (χ3n) is 3.74. The van der Waals surface area contributed by atoms with Gasteiger partial charge in [-0.2, -0.15) is 0 Å². The third kappa shape index (κ3) is 3.16. The molecule has 0 spiro atoms. The topological polar surface area (TPSA) is 68.5 Å². The molecule has 2 aromatic rings. The minimum Gasteiger partial charge on any atom is -0.497 e. The molecular weight excluding hydrogens is 282 g/mol. The highest BCUT2D eigenvalue weighted by Gasteiger charge is 2.30. The maximum Gasteiger partial charge on any atom is 0.287 e. The third-order valence-corrected chi connectivity index (χ3v) is 3.74. The molecule has 0 bridgehead atoms. The second-order valence-electron chi connectivity index (χ2n) is 5.34. The lowest BCUT2D eigenvalue weighted by molar-refractivity contribution is -0.385. The smallest absolute Gasteiger partial charge is 0.287 e. The van der Waals surface area contributed by atoms with E-state index in [-0.39, 0.29) is 5.69 Å². The van der Waals surface area contributed by atoms with E-state index in [4.69, 9.17) is 4.74 Å². The van der Waals surface area contributed by atoms with Gasteiger partial charge in [-0.25, -0.2) is 4.98 Å². The molecule has 0 unspecified atom stereocenters. The number of hydrogen-bond acceptors (Lipinski definition) is 5. The van der Waals surface area contributed by atoms with Crippen LogP contribution in [0.15, 0.2) is 42.6 Å². The molecule has 0 aliphatic heterocycles. The van der Waals surface area contributed by atoms with Crippen LogP contribution in [0.5, 0.6) is 5.75 Å². The first-order valence-corrected chi connectivity index (χ1v) is 7.17. The summed E-state index contributed by atoms with van der Waals surface area (Å²) in [7, 11) is 1.65. The van der Waals surface area contributed by atoms with Gasteiger partial charge in [0, 0.05) is 18.7 Å². The van der Waals surface area contributed by atoms with Crippen molar-refractivity contribution in [2.24, 2.45) is 0 Å². The summed E-state index contributed by atoms with van der Waals surface area (Å²) in [5.74, 6) is 1.61. The summed E-state index contributed by atoms with van der Waals surface area (Å²) in [6.45, 7) is 0.736. The summed E-state index contributed by atoms with van der Waals surface area (Å²) in [6, 6.07) is 11.6. The van der Waals surface area contributed by atoms with Crippen LogP contribution in [0.1, 0.15) is 18.4 Å². The zero-order valence-electron chi connectivity index (χ0n) is 12.3. The highest BCUT2D eigenvalue weighted by atomic mass is 16.6. The van der Waals surface area contributed by atoms with Crippen LogP contribution in [-0.2, 0) is 6.54 Å². The largest absolute Gasteiger partial charge is 0.497 e. The monoisotopic (exact) mass is 299 g/mol. The van der Waals surface area contributed by atoms with E-state index < -0.39 is 4.92 Å². The van der Waals surface area contributed by atoms with Gasteiger partial charge < -0.3 is 9.64 Å². The molecule has 6 heteroatoms. The van der Waals surface area contributed by atoms with Crippen molar-refractivity contribution in [3.8, 4) is 5.75 Å². The fourth-order valence-corrected chi connectivity index (χ4v) is 2.37. The predicted octanol–water partition coefficient (Wildman–Crippen LogP) is 3.17. The maximum atomic E-state index is 10.7. The minimum absolute atomic E-state index is 0.0175. The number of nitro groups is 1. The van der Waals surface area contributed by atoms with Crippen LogP contribution >= 0.6 is 0 Å². The number of anilines is 1. The Morgan fingerprint density at radius 1 is 1.27 bits per heavy atom. The van der Waals surface area contributed by atoms with Crippen LogP contribution in [0.2, 0.25) is 0 Å². The van der Waals surface area contributed by atoms with Gasteiger partial charge in [0.2, 0.25) is 0 Å². The molecule has 0 radical (unpaired) electrons. The number of pyridine rings is 1.